The highest BCUT2D eigenvalue weighted by Crippen LogP contribution is 2.24. The second-order valence-corrected chi connectivity index (χ2v) is 4.82. The Balaban J connectivity index is 1.86. The van der Waals surface area contributed by atoms with Gasteiger partial charge in [0.25, 0.3) is 0 Å². The van der Waals surface area contributed by atoms with Gasteiger partial charge in [0, 0.05) is 41.9 Å². The quantitative estimate of drug-likeness (QED) is 0.828. The van der Waals surface area contributed by atoms with Crippen LogP contribution in [-0.2, 0) is 0 Å². The topological polar surface area (TPSA) is 31.1 Å². The molecular formula is C14H19N3. The number of anilines is 1. The van der Waals surface area contributed by atoms with Crippen LogP contribution in [0.3, 0.4) is 0 Å². The summed E-state index contributed by atoms with van der Waals surface area (Å²) in [6.45, 7) is 2.29. The molecule has 0 radical (unpaired) electrons. The molecule has 3 rings (SSSR count). The van der Waals surface area contributed by atoms with Crippen LogP contribution < -0.4 is 10.2 Å². The van der Waals surface area contributed by atoms with Crippen LogP contribution in [0.15, 0.2) is 30.5 Å². The van der Waals surface area contributed by atoms with E-state index in [1.54, 1.807) is 0 Å². The highest BCUT2D eigenvalue weighted by Gasteiger charge is 2.18. The maximum Gasteiger partial charge on any atom is 0.0455 e. The van der Waals surface area contributed by atoms with E-state index in [0.717, 1.165) is 6.54 Å². The SMILES string of the molecule is CN[C@H]1CCCN(c2ccc3[nH]ccc3c2)C1. The molecule has 17 heavy (non-hydrogen) atoms. The molecule has 1 aliphatic heterocycles. The lowest BCUT2D eigenvalue weighted by Crippen LogP contribution is -2.44. The Morgan fingerprint density at radius 3 is 3.18 bits per heavy atom. The first-order chi connectivity index (χ1) is 8.36. The van der Waals surface area contributed by atoms with Gasteiger partial charge < -0.3 is 15.2 Å². The average molecular weight is 229 g/mol. The minimum Gasteiger partial charge on any atom is -0.370 e. The van der Waals surface area contributed by atoms with Crippen molar-refractivity contribution in [2.75, 3.05) is 25.0 Å². The molecular weight excluding hydrogens is 210 g/mol. The number of aromatic nitrogens is 1. The molecule has 90 valence electrons. The molecule has 0 saturated carbocycles. The van der Waals surface area contributed by atoms with Crippen molar-refractivity contribution in [3.63, 3.8) is 0 Å². The Kier molecular flexibility index (Phi) is 2.77. The maximum absolute atomic E-state index is 3.39. The monoisotopic (exact) mass is 229 g/mol. The third kappa shape index (κ3) is 2.03. The Hall–Kier alpha value is -1.48. The zero-order valence-electron chi connectivity index (χ0n) is 10.2. The predicted molar refractivity (Wildman–Crippen MR) is 72.6 cm³/mol. The summed E-state index contributed by atoms with van der Waals surface area (Å²) < 4.78 is 0. The van der Waals surface area contributed by atoms with Gasteiger partial charge in [0.15, 0.2) is 0 Å². The molecule has 0 unspecified atom stereocenters. The van der Waals surface area contributed by atoms with Gasteiger partial charge in [-0.15, -0.1) is 0 Å². The molecule has 1 aliphatic rings. The summed E-state index contributed by atoms with van der Waals surface area (Å²) in [6.07, 6.45) is 4.57. The molecule has 2 aromatic rings. The fourth-order valence-electron chi connectivity index (χ4n) is 2.68. The Morgan fingerprint density at radius 1 is 1.35 bits per heavy atom. The molecule has 3 nitrogen and oxygen atoms in total. The average Bonchev–Trinajstić information content (AvgIpc) is 2.86. The van der Waals surface area contributed by atoms with Crippen LogP contribution in [-0.4, -0.2) is 31.2 Å². The minimum atomic E-state index is 0.630. The highest BCUT2D eigenvalue weighted by atomic mass is 15.2. The molecule has 1 fully saturated rings. The first-order valence-electron chi connectivity index (χ1n) is 6.36. The van der Waals surface area contributed by atoms with Crippen LogP contribution in [0.4, 0.5) is 5.69 Å². The number of fused-ring (bicyclic) bond motifs is 1. The minimum absolute atomic E-state index is 0.630. The third-order valence-electron chi connectivity index (χ3n) is 3.73. The zero-order valence-corrected chi connectivity index (χ0v) is 10.2. The summed E-state index contributed by atoms with van der Waals surface area (Å²) in [6, 6.07) is 9.44. The molecule has 0 bridgehead atoms. The van der Waals surface area contributed by atoms with Gasteiger partial charge in [0.1, 0.15) is 0 Å². The lowest BCUT2D eigenvalue weighted by Gasteiger charge is -2.34. The van der Waals surface area contributed by atoms with Crippen LogP contribution in [0.2, 0.25) is 0 Å². The van der Waals surface area contributed by atoms with Gasteiger partial charge in [-0.2, -0.15) is 0 Å². The van der Waals surface area contributed by atoms with Gasteiger partial charge in [-0.3, -0.25) is 0 Å². The number of piperidine rings is 1. The summed E-state index contributed by atoms with van der Waals surface area (Å²) in [5, 5.41) is 4.69. The van der Waals surface area contributed by atoms with Gasteiger partial charge in [0.05, 0.1) is 0 Å². The standard InChI is InChI=1S/C14H19N3/c1-15-12-3-2-8-17(10-12)13-4-5-14-11(9-13)6-7-16-14/h4-7,9,12,15-16H,2-3,8,10H2,1H3/t12-/m0/s1. The van der Waals surface area contributed by atoms with E-state index in [9.17, 15) is 0 Å². The first kappa shape index (κ1) is 10.7. The van der Waals surface area contributed by atoms with Gasteiger partial charge in [-0.05, 0) is 44.2 Å². The molecule has 1 aromatic carbocycles. The van der Waals surface area contributed by atoms with E-state index in [1.165, 1.54) is 36.0 Å². The van der Waals surface area contributed by atoms with Gasteiger partial charge in [-0.1, -0.05) is 0 Å². The number of hydrogen-bond donors (Lipinski definition) is 2. The van der Waals surface area contributed by atoms with E-state index < -0.39 is 0 Å². The fraction of sp³-hybridized carbons (Fsp3) is 0.429. The van der Waals surface area contributed by atoms with E-state index in [4.69, 9.17) is 0 Å². The zero-order chi connectivity index (χ0) is 11.7. The Labute approximate surface area is 102 Å². The number of aromatic amines is 1. The number of nitrogens with zero attached hydrogens (tertiary/aromatic N) is 1. The van der Waals surface area contributed by atoms with E-state index >= 15 is 0 Å². The van der Waals surface area contributed by atoms with E-state index in [2.05, 4.69) is 46.5 Å². The first-order valence-corrected chi connectivity index (χ1v) is 6.36. The molecule has 2 heterocycles. The van der Waals surface area contributed by atoms with Crippen LogP contribution in [0.1, 0.15) is 12.8 Å². The summed E-state index contributed by atoms with van der Waals surface area (Å²) in [5.74, 6) is 0. The summed E-state index contributed by atoms with van der Waals surface area (Å²) >= 11 is 0. The summed E-state index contributed by atoms with van der Waals surface area (Å²) in [7, 11) is 2.06. The number of rotatable bonds is 2. The summed E-state index contributed by atoms with van der Waals surface area (Å²) in [4.78, 5) is 5.72. The second kappa shape index (κ2) is 4.41. The second-order valence-electron chi connectivity index (χ2n) is 4.82. The van der Waals surface area contributed by atoms with Gasteiger partial charge in [0.2, 0.25) is 0 Å². The molecule has 0 spiro atoms. The van der Waals surface area contributed by atoms with E-state index in [0.29, 0.717) is 6.04 Å². The largest absolute Gasteiger partial charge is 0.370 e. The molecule has 1 saturated heterocycles. The molecule has 1 atom stereocenters. The van der Waals surface area contributed by atoms with Gasteiger partial charge in [-0.25, -0.2) is 0 Å². The molecule has 1 aromatic heterocycles. The van der Waals surface area contributed by atoms with Crippen molar-refractivity contribution < 1.29 is 0 Å². The predicted octanol–water partition coefficient (Wildman–Crippen LogP) is 2.36. The van der Waals surface area contributed by atoms with Crippen LogP contribution in [0.5, 0.6) is 0 Å². The highest BCUT2D eigenvalue weighted by molar-refractivity contribution is 5.83. The molecule has 0 aliphatic carbocycles. The van der Waals surface area contributed by atoms with Crippen molar-refractivity contribution in [1.29, 1.82) is 0 Å². The van der Waals surface area contributed by atoms with Crippen LogP contribution in [0, 0.1) is 0 Å². The number of benzene rings is 1. The maximum atomic E-state index is 3.39. The van der Waals surface area contributed by atoms with Crippen molar-refractivity contribution in [3.8, 4) is 0 Å². The van der Waals surface area contributed by atoms with E-state index in [1.807, 2.05) is 6.20 Å². The lowest BCUT2D eigenvalue weighted by molar-refractivity contribution is 0.450. The van der Waals surface area contributed by atoms with Crippen molar-refractivity contribution >= 4 is 16.6 Å². The Morgan fingerprint density at radius 2 is 2.29 bits per heavy atom. The fourth-order valence-corrected chi connectivity index (χ4v) is 2.68. The number of nitrogens with one attached hydrogen (secondary N) is 2. The normalized spacial score (nSPS) is 21.0. The molecule has 0 amide bonds. The van der Waals surface area contributed by atoms with Crippen molar-refractivity contribution in [1.82, 2.24) is 10.3 Å². The van der Waals surface area contributed by atoms with Crippen molar-refractivity contribution in [2.45, 2.75) is 18.9 Å². The summed E-state index contributed by atoms with van der Waals surface area (Å²) in [5.41, 5.74) is 2.56. The third-order valence-corrected chi connectivity index (χ3v) is 3.73. The van der Waals surface area contributed by atoms with Crippen molar-refractivity contribution in [3.05, 3.63) is 30.5 Å². The van der Waals surface area contributed by atoms with Crippen molar-refractivity contribution in [2.24, 2.45) is 0 Å². The molecule has 3 heteroatoms. The smallest absolute Gasteiger partial charge is 0.0455 e. The number of likely N-dealkylation sites (N-methyl/N-ethyl adjacent to an activating group) is 1. The van der Waals surface area contributed by atoms with Crippen LogP contribution >= 0.6 is 0 Å². The number of hydrogen-bond acceptors (Lipinski definition) is 2. The molecule has 2 N–H and O–H groups in total. The van der Waals surface area contributed by atoms with E-state index in [-0.39, 0.29) is 0 Å². The van der Waals surface area contributed by atoms with Crippen LogP contribution in [0.25, 0.3) is 10.9 Å². The Bertz CT molecular complexity index is 503. The van der Waals surface area contributed by atoms with Gasteiger partial charge >= 0.3 is 0 Å². The number of H-pyrrole nitrogens is 1. The lowest BCUT2D eigenvalue weighted by atomic mass is 10.0.